The summed E-state index contributed by atoms with van der Waals surface area (Å²) in [5, 5.41) is 13.6. The van der Waals surface area contributed by atoms with Crippen LogP contribution in [0.2, 0.25) is 0 Å². The summed E-state index contributed by atoms with van der Waals surface area (Å²) < 4.78 is 0. The number of carbonyl (C=O) groups excluding carboxylic acids is 1. The van der Waals surface area contributed by atoms with Gasteiger partial charge in [-0.3, -0.25) is 4.79 Å². The molecule has 1 fully saturated rings. The molecule has 98 valence electrons. The molecular weight excluding hydrogens is 230 g/mol. The zero-order chi connectivity index (χ0) is 12.8. The molecule has 0 saturated carbocycles. The Morgan fingerprint density at radius 3 is 3.22 bits per heavy atom. The molecule has 0 aromatic carbocycles. The fourth-order valence-electron chi connectivity index (χ4n) is 2.38. The Balaban J connectivity index is 1.79. The summed E-state index contributed by atoms with van der Waals surface area (Å²) in [6, 6.07) is 0. The van der Waals surface area contributed by atoms with E-state index < -0.39 is 0 Å². The normalized spacial score (nSPS) is 19.8. The number of hydrogen-bond acceptors (Lipinski definition) is 4. The number of aromatic nitrogens is 4. The Kier molecular flexibility index (Phi) is 4.44. The third kappa shape index (κ3) is 3.38. The highest BCUT2D eigenvalue weighted by atomic mass is 16.2. The number of likely N-dealkylation sites (tertiary alicyclic amines) is 1. The van der Waals surface area contributed by atoms with Crippen LogP contribution in [0.25, 0.3) is 0 Å². The molecule has 1 unspecified atom stereocenters. The van der Waals surface area contributed by atoms with E-state index in [0.29, 0.717) is 24.6 Å². The summed E-state index contributed by atoms with van der Waals surface area (Å²) in [4.78, 5) is 14.0. The number of tetrazole rings is 1. The van der Waals surface area contributed by atoms with Crippen LogP contribution in [0, 0.1) is 5.92 Å². The maximum absolute atomic E-state index is 12.1. The van der Waals surface area contributed by atoms with E-state index in [9.17, 15) is 4.79 Å². The van der Waals surface area contributed by atoms with Crippen LogP contribution < -0.4 is 0 Å². The number of carbonyl (C=O) groups is 1. The van der Waals surface area contributed by atoms with Crippen LogP contribution in [-0.2, 0) is 11.2 Å². The number of amides is 1. The van der Waals surface area contributed by atoms with Crippen LogP contribution in [0.15, 0.2) is 12.7 Å². The Hall–Kier alpha value is -1.72. The Bertz CT molecular complexity index is 389. The molecular formula is C12H19N5O. The molecule has 1 N–H and O–H groups in total. The molecule has 0 bridgehead atoms. The van der Waals surface area contributed by atoms with E-state index in [0.717, 1.165) is 25.9 Å². The monoisotopic (exact) mass is 249 g/mol. The molecule has 6 heteroatoms. The molecule has 0 radical (unpaired) electrons. The van der Waals surface area contributed by atoms with Gasteiger partial charge in [-0.1, -0.05) is 11.3 Å². The third-order valence-electron chi connectivity index (χ3n) is 3.32. The van der Waals surface area contributed by atoms with Gasteiger partial charge in [0, 0.05) is 25.9 Å². The second kappa shape index (κ2) is 6.28. The first-order valence-corrected chi connectivity index (χ1v) is 6.40. The number of aryl methyl sites for hydroxylation is 1. The minimum absolute atomic E-state index is 0.188. The number of piperidine rings is 1. The van der Waals surface area contributed by atoms with E-state index in [1.807, 2.05) is 11.0 Å². The van der Waals surface area contributed by atoms with Gasteiger partial charge in [0.05, 0.1) is 0 Å². The van der Waals surface area contributed by atoms with E-state index in [1.54, 1.807) is 0 Å². The number of hydrogen-bond donors (Lipinski definition) is 1. The standard InChI is InChI=1S/C12H19N5O/c1-2-4-10-5-3-8-17(9-10)12(18)7-6-11-13-15-16-14-11/h2,10H,1,3-9H2,(H,13,14,15,16). The molecule has 1 aliphatic heterocycles. The highest BCUT2D eigenvalue weighted by Crippen LogP contribution is 2.20. The van der Waals surface area contributed by atoms with E-state index in [4.69, 9.17) is 0 Å². The van der Waals surface area contributed by atoms with Crippen molar-refractivity contribution in [2.24, 2.45) is 5.92 Å². The van der Waals surface area contributed by atoms with Gasteiger partial charge in [0.15, 0.2) is 5.82 Å². The molecule has 6 nitrogen and oxygen atoms in total. The lowest BCUT2D eigenvalue weighted by Crippen LogP contribution is -2.39. The summed E-state index contributed by atoms with van der Waals surface area (Å²) >= 11 is 0. The maximum Gasteiger partial charge on any atom is 0.223 e. The van der Waals surface area contributed by atoms with E-state index in [2.05, 4.69) is 27.2 Å². The van der Waals surface area contributed by atoms with Crippen molar-refractivity contribution in [3.63, 3.8) is 0 Å². The van der Waals surface area contributed by atoms with Gasteiger partial charge in [-0.15, -0.1) is 16.8 Å². The molecule has 1 aromatic rings. The van der Waals surface area contributed by atoms with Crippen LogP contribution in [0.3, 0.4) is 0 Å². The van der Waals surface area contributed by atoms with Crippen LogP contribution >= 0.6 is 0 Å². The summed E-state index contributed by atoms with van der Waals surface area (Å²) in [6.07, 6.45) is 6.23. The fraction of sp³-hybridized carbons (Fsp3) is 0.667. The first-order chi connectivity index (χ1) is 8.79. The van der Waals surface area contributed by atoms with Crippen LogP contribution in [0.4, 0.5) is 0 Å². The third-order valence-corrected chi connectivity index (χ3v) is 3.32. The molecule has 1 saturated heterocycles. The minimum atomic E-state index is 0.188. The predicted molar refractivity (Wildman–Crippen MR) is 66.6 cm³/mol. The SMILES string of the molecule is C=CCC1CCCN(C(=O)CCc2nn[nH]n2)C1. The average molecular weight is 249 g/mol. The van der Waals surface area contributed by atoms with Gasteiger partial charge in [0.1, 0.15) is 0 Å². The average Bonchev–Trinajstić information content (AvgIpc) is 2.90. The molecule has 1 atom stereocenters. The van der Waals surface area contributed by atoms with Gasteiger partial charge in [-0.25, -0.2) is 0 Å². The highest BCUT2D eigenvalue weighted by molar-refractivity contribution is 5.76. The van der Waals surface area contributed by atoms with Crippen molar-refractivity contribution in [2.45, 2.75) is 32.1 Å². The molecule has 1 amide bonds. The minimum Gasteiger partial charge on any atom is -0.342 e. The molecule has 1 aromatic heterocycles. The Morgan fingerprint density at radius 2 is 2.50 bits per heavy atom. The lowest BCUT2D eigenvalue weighted by Gasteiger charge is -2.32. The van der Waals surface area contributed by atoms with Crippen molar-refractivity contribution in [2.75, 3.05) is 13.1 Å². The molecule has 2 heterocycles. The van der Waals surface area contributed by atoms with Crippen molar-refractivity contribution < 1.29 is 4.79 Å². The van der Waals surface area contributed by atoms with Gasteiger partial charge < -0.3 is 4.90 Å². The van der Waals surface area contributed by atoms with Crippen molar-refractivity contribution in [1.29, 1.82) is 0 Å². The van der Waals surface area contributed by atoms with Crippen LogP contribution in [-0.4, -0.2) is 44.5 Å². The number of aromatic amines is 1. The molecule has 0 spiro atoms. The predicted octanol–water partition coefficient (Wildman–Crippen LogP) is 0.947. The second-order valence-electron chi connectivity index (χ2n) is 4.70. The van der Waals surface area contributed by atoms with Crippen molar-refractivity contribution >= 4 is 5.91 Å². The number of H-pyrrole nitrogens is 1. The Morgan fingerprint density at radius 1 is 1.61 bits per heavy atom. The summed E-state index contributed by atoms with van der Waals surface area (Å²) in [5.41, 5.74) is 0. The fourth-order valence-corrected chi connectivity index (χ4v) is 2.38. The molecule has 0 aliphatic carbocycles. The zero-order valence-electron chi connectivity index (χ0n) is 10.5. The first-order valence-electron chi connectivity index (χ1n) is 6.40. The van der Waals surface area contributed by atoms with Gasteiger partial charge in [-0.05, 0) is 25.2 Å². The van der Waals surface area contributed by atoms with Crippen molar-refractivity contribution in [1.82, 2.24) is 25.5 Å². The van der Waals surface area contributed by atoms with E-state index >= 15 is 0 Å². The Labute approximate surface area is 106 Å². The topological polar surface area (TPSA) is 74.8 Å². The summed E-state index contributed by atoms with van der Waals surface area (Å²) in [5.74, 6) is 1.36. The summed E-state index contributed by atoms with van der Waals surface area (Å²) in [6.45, 7) is 5.50. The van der Waals surface area contributed by atoms with E-state index in [1.165, 1.54) is 6.42 Å². The van der Waals surface area contributed by atoms with Crippen molar-refractivity contribution in [3.05, 3.63) is 18.5 Å². The van der Waals surface area contributed by atoms with E-state index in [-0.39, 0.29) is 5.91 Å². The largest absolute Gasteiger partial charge is 0.342 e. The zero-order valence-corrected chi connectivity index (χ0v) is 10.5. The number of allylic oxidation sites excluding steroid dienone is 1. The summed E-state index contributed by atoms with van der Waals surface area (Å²) in [7, 11) is 0. The van der Waals surface area contributed by atoms with Gasteiger partial charge in [0.2, 0.25) is 5.91 Å². The lowest BCUT2D eigenvalue weighted by atomic mass is 9.94. The number of rotatable bonds is 5. The smallest absolute Gasteiger partial charge is 0.223 e. The first kappa shape index (κ1) is 12.7. The van der Waals surface area contributed by atoms with Crippen molar-refractivity contribution in [3.8, 4) is 0 Å². The highest BCUT2D eigenvalue weighted by Gasteiger charge is 2.22. The number of nitrogens with zero attached hydrogens (tertiary/aromatic N) is 4. The number of nitrogens with one attached hydrogen (secondary N) is 1. The molecule has 1 aliphatic rings. The molecule has 2 rings (SSSR count). The molecule has 18 heavy (non-hydrogen) atoms. The second-order valence-corrected chi connectivity index (χ2v) is 4.70. The maximum atomic E-state index is 12.1. The lowest BCUT2D eigenvalue weighted by molar-refractivity contribution is -0.133. The van der Waals surface area contributed by atoms with Crippen LogP contribution in [0.5, 0.6) is 0 Å². The van der Waals surface area contributed by atoms with Crippen LogP contribution in [0.1, 0.15) is 31.5 Å². The quantitative estimate of drug-likeness (QED) is 0.788. The van der Waals surface area contributed by atoms with Gasteiger partial charge in [0.25, 0.3) is 0 Å². The van der Waals surface area contributed by atoms with Gasteiger partial charge >= 0.3 is 0 Å². The van der Waals surface area contributed by atoms with Gasteiger partial charge in [-0.2, -0.15) is 5.21 Å².